The van der Waals surface area contributed by atoms with Crippen molar-refractivity contribution in [2.75, 3.05) is 0 Å². The normalized spacial score (nSPS) is 18.0. The Labute approximate surface area is 125 Å². The first-order chi connectivity index (χ1) is 10.1. The van der Waals surface area contributed by atoms with Crippen molar-refractivity contribution >= 4 is 15.9 Å². The first-order valence-corrected chi connectivity index (χ1v) is 8.92. The molecule has 0 aliphatic heterocycles. The molecular formula is C16H19NO3S. The molecule has 0 saturated carbocycles. The maximum atomic E-state index is 12.3. The minimum Gasteiger partial charge on any atom is -0.269 e. The van der Waals surface area contributed by atoms with Crippen molar-refractivity contribution in [3.8, 4) is 0 Å². The largest absolute Gasteiger partial charge is 0.269 e. The van der Waals surface area contributed by atoms with E-state index in [-0.39, 0.29) is 4.90 Å². The van der Waals surface area contributed by atoms with Crippen molar-refractivity contribution in [3.05, 3.63) is 41.0 Å². The van der Waals surface area contributed by atoms with Crippen LogP contribution < -0.4 is 4.72 Å². The third kappa shape index (κ3) is 3.02. The van der Waals surface area contributed by atoms with Crippen LogP contribution in [0.3, 0.4) is 0 Å². The Kier molecular flexibility index (Phi) is 3.85. The average molecular weight is 305 g/mol. The fourth-order valence-corrected chi connectivity index (χ4v) is 4.04. The highest BCUT2D eigenvalue weighted by atomic mass is 32.2. The highest BCUT2D eigenvalue weighted by molar-refractivity contribution is 7.90. The van der Waals surface area contributed by atoms with E-state index in [0.717, 1.165) is 44.1 Å². The summed E-state index contributed by atoms with van der Waals surface area (Å²) in [6.45, 7) is 0. The molecule has 1 aromatic carbocycles. The van der Waals surface area contributed by atoms with Crippen molar-refractivity contribution in [1.82, 2.24) is 4.72 Å². The van der Waals surface area contributed by atoms with Crippen molar-refractivity contribution in [2.24, 2.45) is 0 Å². The number of allylic oxidation sites excluding steroid dienone is 1. The number of amides is 1. The SMILES string of the molecule is O=C(NS(=O)(=O)c1ccc2c(c1)CCCC2)C1=CCCC1. The summed E-state index contributed by atoms with van der Waals surface area (Å²) in [6.07, 6.45) is 8.42. The molecule has 2 aliphatic carbocycles. The number of sulfonamides is 1. The molecule has 0 fully saturated rings. The van der Waals surface area contributed by atoms with Gasteiger partial charge in [0.1, 0.15) is 0 Å². The molecule has 0 unspecified atom stereocenters. The molecule has 0 heterocycles. The number of carbonyl (C=O) groups excluding carboxylic acids is 1. The molecule has 1 amide bonds. The molecule has 4 nitrogen and oxygen atoms in total. The fourth-order valence-electron chi connectivity index (χ4n) is 3.00. The molecule has 0 saturated heterocycles. The van der Waals surface area contributed by atoms with Crippen LogP contribution in [-0.2, 0) is 27.7 Å². The van der Waals surface area contributed by atoms with E-state index in [2.05, 4.69) is 4.72 Å². The second kappa shape index (κ2) is 5.64. The molecule has 0 aromatic heterocycles. The second-order valence-corrected chi connectivity index (χ2v) is 7.38. The summed E-state index contributed by atoms with van der Waals surface area (Å²) in [7, 11) is -3.77. The molecule has 1 aromatic rings. The topological polar surface area (TPSA) is 63.2 Å². The standard InChI is InChI=1S/C16H19NO3S/c18-16(13-6-2-3-7-13)17-21(19,20)15-10-9-12-5-1-4-8-14(12)11-15/h6,9-11H,1-5,7-8H2,(H,17,18). The van der Waals surface area contributed by atoms with Gasteiger partial charge in [-0.05, 0) is 68.2 Å². The molecule has 0 atom stereocenters. The van der Waals surface area contributed by atoms with Gasteiger partial charge in [-0.1, -0.05) is 12.1 Å². The Morgan fingerprint density at radius 2 is 1.76 bits per heavy atom. The Morgan fingerprint density at radius 1 is 1.00 bits per heavy atom. The molecular weight excluding hydrogens is 286 g/mol. The van der Waals surface area contributed by atoms with Gasteiger partial charge in [0.15, 0.2) is 0 Å². The number of hydrogen-bond acceptors (Lipinski definition) is 3. The van der Waals surface area contributed by atoms with Gasteiger partial charge in [0.25, 0.3) is 15.9 Å². The van der Waals surface area contributed by atoms with Crippen LogP contribution in [0.4, 0.5) is 0 Å². The third-order valence-corrected chi connectivity index (χ3v) is 5.52. The number of benzene rings is 1. The van der Waals surface area contributed by atoms with Crippen LogP contribution in [-0.4, -0.2) is 14.3 Å². The van der Waals surface area contributed by atoms with Gasteiger partial charge in [-0.3, -0.25) is 4.79 Å². The van der Waals surface area contributed by atoms with Gasteiger partial charge >= 0.3 is 0 Å². The Balaban J connectivity index is 1.83. The van der Waals surface area contributed by atoms with Gasteiger partial charge in [0.05, 0.1) is 4.90 Å². The van der Waals surface area contributed by atoms with Crippen molar-refractivity contribution in [2.45, 2.75) is 49.8 Å². The van der Waals surface area contributed by atoms with Crippen molar-refractivity contribution in [1.29, 1.82) is 0 Å². The Morgan fingerprint density at radius 3 is 2.48 bits per heavy atom. The zero-order valence-corrected chi connectivity index (χ0v) is 12.7. The number of fused-ring (bicyclic) bond motifs is 1. The molecule has 3 rings (SSSR count). The lowest BCUT2D eigenvalue weighted by Crippen LogP contribution is -2.31. The predicted octanol–water partition coefficient (Wildman–Crippen LogP) is 2.48. The molecule has 112 valence electrons. The van der Waals surface area contributed by atoms with Crippen LogP contribution in [0, 0.1) is 0 Å². The summed E-state index contributed by atoms with van der Waals surface area (Å²) < 4.78 is 26.8. The molecule has 0 radical (unpaired) electrons. The van der Waals surface area contributed by atoms with Gasteiger partial charge in [-0.15, -0.1) is 0 Å². The fraction of sp³-hybridized carbons (Fsp3) is 0.438. The van der Waals surface area contributed by atoms with E-state index >= 15 is 0 Å². The van der Waals surface area contributed by atoms with E-state index in [1.807, 2.05) is 12.1 Å². The summed E-state index contributed by atoms with van der Waals surface area (Å²) in [5.74, 6) is -0.481. The van der Waals surface area contributed by atoms with Crippen molar-refractivity contribution < 1.29 is 13.2 Å². The minimum atomic E-state index is -3.77. The maximum absolute atomic E-state index is 12.3. The maximum Gasteiger partial charge on any atom is 0.264 e. The Bertz CT molecular complexity index is 704. The smallest absolute Gasteiger partial charge is 0.264 e. The summed E-state index contributed by atoms with van der Waals surface area (Å²) in [4.78, 5) is 12.2. The quantitative estimate of drug-likeness (QED) is 0.933. The molecule has 0 bridgehead atoms. The number of hydrogen-bond donors (Lipinski definition) is 1. The van der Waals surface area contributed by atoms with E-state index in [1.165, 1.54) is 5.56 Å². The summed E-state index contributed by atoms with van der Waals surface area (Å²) in [5.41, 5.74) is 2.90. The lowest BCUT2D eigenvalue weighted by Gasteiger charge is -2.16. The molecule has 5 heteroatoms. The minimum absolute atomic E-state index is 0.190. The molecule has 1 N–H and O–H groups in total. The number of nitrogens with one attached hydrogen (secondary N) is 1. The first kappa shape index (κ1) is 14.3. The number of rotatable bonds is 3. The van der Waals surface area contributed by atoms with E-state index in [0.29, 0.717) is 12.0 Å². The molecule has 0 spiro atoms. The van der Waals surface area contributed by atoms with E-state index in [9.17, 15) is 13.2 Å². The van der Waals surface area contributed by atoms with Gasteiger partial charge in [0, 0.05) is 5.57 Å². The van der Waals surface area contributed by atoms with Crippen LogP contribution in [0.1, 0.15) is 43.2 Å². The highest BCUT2D eigenvalue weighted by Gasteiger charge is 2.22. The lowest BCUT2D eigenvalue weighted by atomic mass is 9.92. The van der Waals surface area contributed by atoms with Crippen LogP contribution in [0.15, 0.2) is 34.7 Å². The second-order valence-electron chi connectivity index (χ2n) is 5.69. The zero-order valence-electron chi connectivity index (χ0n) is 11.9. The third-order valence-electron chi connectivity index (χ3n) is 4.19. The van der Waals surface area contributed by atoms with E-state index in [4.69, 9.17) is 0 Å². The Hall–Kier alpha value is -1.62. The van der Waals surface area contributed by atoms with Crippen LogP contribution in [0.5, 0.6) is 0 Å². The zero-order chi connectivity index (χ0) is 14.9. The number of aryl methyl sites for hydroxylation is 2. The summed E-state index contributed by atoms with van der Waals surface area (Å²) >= 11 is 0. The monoisotopic (exact) mass is 305 g/mol. The number of carbonyl (C=O) groups is 1. The van der Waals surface area contributed by atoms with Gasteiger partial charge in [-0.2, -0.15) is 0 Å². The van der Waals surface area contributed by atoms with Crippen LogP contribution >= 0.6 is 0 Å². The van der Waals surface area contributed by atoms with E-state index in [1.54, 1.807) is 12.1 Å². The van der Waals surface area contributed by atoms with Gasteiger partial charge in [-0.25, -0.2) is 13.1 Å². The summed E-state index contributed by atoms with van der Waals surface area (Å²) in [6, 6.07) is 5.19. The van der Waals surface area contributed by atoms with E-state index < -0.39 is 15.9 Å². The van der Waals surface area contributed by atoms with Crippen LogP contribution in [0.2, 0.25) is 0 Å². The van der Waals surface area contributed by atoms with Gasteiger partial charge < -0.3 is 0 Å². The van der Waals surface area contributed by atoms with Crippen molar-refractivity contribution in [3.63, 3.8) is 0 Å². The molecule has 2 aliphatic rings. The molecule has 21 heavy (non-hydrogen) atoms. The average Bonchev–Trinajstić information content (AvgIpc) is 3.00. The van der Waals surface area contributed by atoms with Crippen LogP contribution in [0.25, 0.3) is 0 Å². The lowest BCUT2D eigenvalue weighted by molar-refractivity contribution is -0.115. The first-order valence-electron chi connectivity index (χ1n) is 7.44. The predicted molar refractivity (Wildman–Crippen MR) is 80.3 cm³/mol. The summed E-state index contributed by atoms with van der Waals surface area (Å²) in [5, 5.41) is 0. The van der Waals surface area contributed by atoms with Gasteiger partial charge in [0.2, 0.25) is 0 Å². The highest BCUT2D eigenvalue weighted by Crippen LogP contribution is 2.24.